The summed E-state index contributed by atoms with van der Waals surface area (Å²) in [6.45, 7) is 1.26. The van der Waals surface area contributed by atoms with E-state index in [1.807, 2.05) is 30.3 Å². The van der Waals surface area contributed by atoms with Crippen molar-refractivity contribution < 1.29 is 38.4 Å². The molecular formula is C31H33NO8. The fraction of sp³-hybridized carbons (Fsp3) is 0.355. The molecule has 1 fully saturated rings. The number of ether oxygens (including phenoxy) is 5. The van der Waals surface area contributed by atoms with Crippen molar-refractivity contribution in [3.05, 3.63) is 83.4 Å². The van der Waals surface area contributed by atoms with Gasteiger partial charge in [-0.3, -0.25) is 9.59 Å². The molecule has 0 saturated heterocycles. The summed E-state index contributed by atoms with van der Waals surface area (Å²) < 4.78 is 29.5. The molecule has 1 saturated carbocycles. The molecular weight excluding hydrogens is 514 g/mol. The number of esters is 1. The number of hydrogen-bond acceptors (Lipinski definition) is 8. The smallest absolute Gasteiger partial charge is 0.303 e. The molecule has 3 aromatic carbocycles. The van der Waals surface area contributed by atoms with Crippen LogP contribution in [0.5, 0.6) is 23.0 Å². The number of fused-ring (bicyclic) bond motifs is 3. The lowest BCUT2D eigenvalue weighted by Crippen LogP contribution is -2.53. The van der Waals surface area contributed by atoms with E-state index >= 15 is 0 Å². The average molecular weight is 548 g/mol. The van der Waals surface area contributed by atoms with Crippen molar-refractivity contribution in [1.29, 1.82) is 0 Å². The Bertz CT molecular complexity index is 1420. The van der Waals surface area contributed by atoms with Crippen molar-refractivity contribution in [2.24, 2.45) is 5.92 Å². The number of rotatable bonds is 7. The second kappa shape index (κ2) is 10.1. The van der Waals surface area contributed by atoms with Crippen LogP contribution in [0.2, 0.25) is 0 Å². The molecule has 1 heterocycles. The molecule has 3 aromatic rings. The number of carbonyl (C=O) groups is 2. The van der Waals surface area contributed by atoms with Gasteiger partial charge in [-0.2, -0.15) is 0 Å². The van der Waals surface area contributed by atoms with Crippen LogP contribution in [-0.4, -0.2) is 63.4 Å². The Morgan fingerprint density at radius 3 is 2.10 bits per heavy atom. The van der Waals surface area contributed by atoms with Gasteiger partial charge in [-0.05, 0) is 23.3 Å². The first kappa shape index (κ1) is 27.3. The van der Waals surface area contributed by atoms with Crippen LogP contribution in [0.25, 0.3) is 0 Å². The topological polar surface area (TPSA) is 104 Å². The standard InChI is InChI=1S/C31H33NO8/c1-18(33)39-28-25(29(34)32(2)3)26(19-10-8-7-9-11-19)31(20-12-14-21(36-4)15-13-20)30(28,35)27-23(38-6)16-22(37-5)17-24(27)40-31/h7-17,25-26,28,35H,1-6H3/t25-,26-,28-,30+,31+/m1/s1. The summed E-state index contributed by atoms with van der Waals surface area (Å²) in [7, 11) is 7.82. The minimum atomic E-state index is -2.06. The van der Waals surface area contributed by atoms with Crippen LogP contribution < -0.4 is 18.9 Å². The summed E-state index contributed by atoms with van der Waals surface area (Å²) in [6, 6.07) is 19.8. The van der Waals surface area contributed by atoms with Gasteiger partial charge < -0.3 is 33.7 Å². The lowest BCUT2D eigenvalue weighted by molar-refractivity contribution is -0.184. The maximum absolute atomic E-state index is 14.0. The van der Waals surface area contributed by atoms with Crippen LogP contribution >= 0.6 is 0 Å². The first-order valence-corrected chi connectivity index (χ1v) is 12.9. The van der Waals surface area contributed by atoms with E-state index in [1.165, 1.54) is 26.0 Å². The SMILES string of the molecule is COc1ccc([C@@]23Oc4cc(OC)cc(OC)c4[C@]2(O)[C@H](OC(C)=O)[C@H](C(=O)N(C)C)[C@H]3c2ccccc2)cc1. The van der Waals surface area contributed by atoms with Crippen LogP contribution in [0.1, 0.15) is 29.5 Å². The van der Waals surface area contributed by atoms with Crippen LogP contribution in [0.15, 0.2) is 66.7 Å². The van der Waals surface area contributed by atoms with Crippen molar-refractivity contribution in [3.8, 4) is 23.0 Å². The van der Waals surface area contributed by atoms with E-state index in [-0.39, 0.29) is 17.2 Å². The molecule has 40 heavy (non-hydrogen) atoms. The van der Waals surface area contributed by atoms with Gasteiger partial charge in [0.2, 0.25) is 5.91 Å². The van der Waals surface area contributed by atoms with Crippen LogP contribution in [0.3, 0.4) is 0 Å². The van der Waals surface area contributed by atoms with Gasteiger partial charge in [0.15, 0.2) is 17.3 Å². The van der Waals surface area contributed by atoms with Gasteiger partial charge in [0.05, 0.1) is 32.8 Å². The predicted octanol–water partition coefficient (Wildman–Crippen LogP) is 3.62. The first-order valence-electron chi connectivity index (χ1n) is 12.9. The number of hydrogen-bond donors (Lipinski definition) is 1. The average Bonchev–Trinajstić information content (AvgIpc) is 3.34. The fourth-order valence-corrected chi connectivity index (χ4v) is 6.39. The predicted molar refractivity (Wildman–Crippen MR) is 146 cm³/mol. The molecule has 2 aliphatic rings. The fourth-order valence-electron chi connectivity index (χ4n) is 6.39. The monoisotopic (exact) mass is 547 g/mol. The van der Waals surface area contributed by atoms with Crippen molar-refractivity contribution in [2.75, 3.05) is 35.4 Å². The number of amides is 1. The second-order valence-electron chi connectivity index (χ2n) is 10.2. The lowest BCUT2D eigenvalue weighted by Gasteiger charge is -2.41. The molecule has 0 bridgehead atoms. The van der Waals surface area contributed by atoms with Gasteiger partial charge in [-0.1, -0.05) is 42.5 Å². The summed E-state index contributed by atoms with van der Waals surface area (Å²) in [5, 5.41) is 13.2. The zero-order valence-electron chi connectivity index (χ0n) is 23.3. The van der Waals surface area contributed by atoms with Crippen LogP contribution in [-0.2, 0) is 25.5 Å². The Labute approximate surface area is 233 Å². The molecule has 1 amide bonds. The molecule has 0 unspecified atom stereocenters. The highest BCUT2D eigenvalue weighted by atomic mass is 16.6. The highest BCUT2D eigenvalue weighted by Gasteiger charge is 2.79. The molecule has 0 aromatic heterocycles. The van der Waals surface area contributed by atoms with E-state index < -0.39 is 35.1 Å². The van der Waals surface area contributed by atoms with E-state index in [0.29, 0.717) is 22.8 Å². The van der Waals surface area contributed by atoms with Gasteiger partial charge in [0.1, 0.15) is 23.0 Å². The lowest BCUT2D eigenvalue weighted by atomic mass is 9.70. The minimum absolute atomic E-state index is 0.271. The summed E-state index contributed by atoms with van der Waals surface area (Å²) in [5.74, 6) is -1.17. The maximum Gasteiger partial charge on any atom is 0.303 e. The highest BCUT2D eigenvalue weighted by molar-refractivity contribution is 5.83. The number of carbonyl (C=O) groups excluding carboxylic acids is 2. The number of methoxy groups -OCH3 is 3. The minimum Gasteiger partial charge on any atom is -0.497 e. The van der Waals surface area contributed by atoms with Crippen LogP contribution in [0, 0.1) is 5.92 Å². The molecule has 9 nitrogen and oxygen atoms in total. The molecule has 1 aliphatic carbocycles. The number of benzene rings is 3. The van der Waals surface area contributed by atoms with E-state index in [0.717, 1.165) is 5.56 Å². The van der Waals surface area contributed by atoms with Crippen molar-refractivity contribution in [1.82, 2.24) is 4.90 Å². The summed E-state index contributed by atoms with van der Waals surface area (Å²) in [4.78, 5) is 28.1. The molecule has 210 valence electrons. The number of nitrogens with zero attached hydrogens (tertiary/aromatic N) is 1. The van der Waals surface area contributed by atoms with Gasteiger partial charge in [0.25, 0.3) is 0 Å². The first-order chi connectivity index (χ1) is 19.1. The van der Waals surface area contributed by atoms with Gasteiger partial charge in [0, 0.05) is 39.1 Å². The third kappa shape index (κ3) is 3.79. The quantitative estimate of drug-likeness (QED) is 0.448. The maximum atomic E-state index is 14.0. The Kier molecular flexibility index (Phi) is 6.87. The largest absolute Gasteiger partial charge is 0.497 e. The number of aliphatic hydroxyl groups is 1. The molecule has 0 radical (unpaired) electrons. The Morgan fingerprint density at radius 1 is 0.900 bits per heavy atom. The zero-order valence-corrected chi connectivity index (χ0v) is 23.3. The third-order valence-electron chi connectivity index (χ3n) is 7.94. The van der Waals surface area contributed by atoms with E-state index in [9.17, 15) is 14.7 Å². The highest BCUT2D eigenvalue weighted by Crippen LogP contribution is 2.71. The second-order valence-corrected chi connectivity index (χ2v) is 10.2. The Balaban J connectivity index is 1.93. The van der Waals surface area contributed by atoms with Gasteiger partial charge >= 0.3 is 5.97 Å². The summed E-state index contributed by atoms with van der Waals surface area (Å²) in [6.07, 6.45) is -1.34. The zero-order chi connectivity index (χ0) is 28.8. The van der Waals surface area contributed by atoms with Crippen LogP contribution in [0.4, 0.5) is 0 Å². The molecule has 5 atom stereocenters. The van der Waals surface area contributed by atoms with Gasteiger partial charge in [-0.15, -0.1) is 0 Å². The molecule has 1 N–H and O–H groups in total. The molecule has 0 spiro atoms. The molecule has 5 rings (SSSR count). The molecule has 1 aliphatic heterocycles. The Morgan fingerprint density at radius 2 is 1.55 bits per heavy atom. The third-order valence-corrected chi connectivity index (χ3v) is 7.94. The molecule has 9 heteroatoms. The van der Waals surface area contributed by atoms with E-state index in [1.54, 1.807) is 57.6 Å². The van der Waals surface area contributed by atoms with Gasteiger partial charge in [-0.25, -0.2) is 0 Å². The normalized spacial score (nSPS) is 26.2. The van der Waals surface area contributed by atoms with Crippen molar-refractivity contribution >= 4 is 11.9 Å². The summed E-state index contributed by atoms with van der Waals surface area (Å²) >= 11 is 0. The van der Waals surface area contributed by atoms with E-state index in [2.05, 4.69) is 0 Å². The van der Waals surface area contributed by atoms with Crippen molar-refractivity contribution in [2.45, 2.75) is 30.1 Å². The van der Waals surface area contributed by atoms with E-state index in [4.69, 9.17) is 23.7 Å². The Hall–Kier alpha value is -4.24. The summed E-state index contributed by atoms with van der Waals surface area (Å²) in [5.41, 5.74) is -2.12. The van der Waals surface area contributed by atoms with Crippen molar-refractivity contribution in [3.63, 3.8) is 0 Å².